The monoisotopic (exact) mass is 267 g/mol. The Morgan fingerprint density at radius 3 is 2.21 bits per heavy atom. The van der Waals surface area contributed by atoms with Crippen LogP contribution in [0.15, 0.2) is 0 Å². The van der Waals surface area contributed by atoms with Crippen LogP contribution >= 0.6 is 0 Å². The first-order chi connectivity index (χ1) is 9.24. The summed E-state index contributed by atoms with van der Waals surface area (Å²) < 4.78 is 5.52. The summed E-state index contributed by atoms with van der Waals surface area (Å²) in [6, 6.07) is 0.397. The fourth-order valence-corrected chi connectivity index (χ4v) is 1.71. The molecular weight excluding hydrogens is 242 g/mol. The van der Waals surface area contributed by atoms with E-state index >= 15 is 0 Å². The van der Waals surface area contributed by atoms with Crippen LogP contribution in [0.3, 0.4) is 0 Å². The number of aromatic nitrogens is 3. The van der Waals surface area contributed by atoms with E-state index in [1.807, 2.05) is 0 Å². The highest BCUT2D eigenvalue weighted by molar-refractivity contribution is 5.37. The van der Waals surface area contributed by atoms with Gasteiger partial charge in [-0.05, 0) is 19.3 Å². The molecule has 0 saturated heterocycles. The molecule has 0 bridgehead atoms. The van der Waals surface area contributed by atoms with E-state index in [2.05, 4.69) is 45.9 Å². The van der Waals surface area contributed by atoms with Crippen LogP contribution in [-0.2, 0) is 0 Å². The van der Waals surface area contributed by atoms with E-state index in [9.17, 15) is 0 Å². The van der Waals surface area contributed by atoms with Crippen molar-refractivity contribution in [1.82, 2.24) is 15.0 Å². The third-order valence-corrected chi connectivity index (χ3v) is 2.53. The van der Waals surface area contributed by atoms with Gasteiger partial charge in [-0.1, -0.05) is 20.8 Å². The minimum atomic E-state index is 0.397. The molecule has 1 N–H and O–H groups in total. The van der Waals surface area contributed by atoms with Crippen molar-refractivity contribution in [3.8, 4) is 6.01 Å². The second-order valence-electron chi connectivity index (χ2n) is 4.33. The molecular formula is C13H25N5O. The molecule has 0 aliphatic rings. The van der Waals surface area contributed by atoms with Crippen molar-refractivity contribution in [2.24, 2.45) is 0 Å². The summed E-state index contributed by atoms with van der Waals surface area (Å²) >= 11 is 0. The minimum Gasteiger partial charge on any atom is -0.463 e. The molecule has 0 fully saturated rings. The van der Waals surface area contributed by atoms with Gasteiger partial charge in [-0.3, -0.25) is 0 Å². The second-order valence-corrected chi connectivity index (χ2v) is 4.33. The van der Waals surface area contributed by atoms with E-state index in [0.29, 0.717) is 24.5 Å². The molecule has 0 radical (unpaired) electrons. The fourth-order valence-electron chi connectivity index (χ4n) is 1.71. The fraction of sp³-hybridized carbons (Fsp3) is 0.769. The van der Waals surface area contributed by atoms with Gasteiger partial charge in [0.1, 0.15) is 0 Å². The van der Waals surface area contributed by atoms with Gasteiger partial charge >= 0.3 is 6.01 Å². The van der Waals surface area contributed by atoms with Gasteiger partial charge in [0, 0.05) is 20.1 Å². The van der Waals surface area contributed by atoms with Crippen LogP contribution in [0.2, 0.25) is 0 Å². The first-order valence-electron chi connectivity index (χ1n) is 7.06. The smallest absolute Gasteiger partial charge is 0.323 e. The Bertz CT molecular complexity index is 366. The van der Waals surface area contributed by atoms with E-state index < -0.39 is 0 Å². The van der Waals surface area contributed by atoms with Crippen LogP contribution in [0.4, 0.5) is 11.9 Å². The third-order valence-electron chi connectivity index (χ3n) is 2.53. The van der Waals surface area contributed by atoms with E-state index in [-0.39, 0.29) is 0 Å². The molecule has 19 heavy (non-hydrogen) atoms. The molecule has 0 aliphatic carbocycles. The number of nitrogens with zero attached hydrogens (tertiary/aromatic N) is 4. The van der Waals surface area contributed by atoms with Crippen LogP contribution in [0, 0.1) is 0 Å². The summed E-state index contributed by atoms with van der Waals surface area (Å²) in [6.45, 7) is 8.85. The maximum Gasteiger partial charge on any atom is 0.323 e. The SMILES string of the molecule is CCCOc1nc(NC)nc(N(CCC)CCC)n1. The molecule has 108 valence electrons. The zero-order chi connectivity index (χ0) is 14.1. The second kappa shape index (κ2) is 8.50. The molecule has 0 atom stereocenters. The van der Waals surface area contributed by atoms with Gasteiger partial charge < -0.3 is 15.0 Å². The van der Waals surface area contributed by atoms with E-state index in [1.165, 1.54) is 0 Å². The Morgan fingerprint density at radius 2 is 1.68 bits per heavy atom. The molecule has 1 rings (SSSR count). The van der Waals surface area contributed by atoms with Crippen molar-refractivity contribution in [3.63, 3.8) is 0 Å². The topological polar surface area (TPSA) is 63.2 Å². The zero-order valence-electron chi connectivity index (χ0n) is 12.4. The quantitative estimate of drug-likeness (QED) is 0.741. The maximum atomic E-state index is 5.52. The van der Waals surface area contributed by atoms with Gasteiger partial charge in [0.05, 0.1) is 6.61 Å². The Morgan fingerprint density at radius 1 is 1.00 bits per heavy atom. The Labute approximate surface area is 115 Å². The lowest BCUT2D eigenvalue weighted by Crippen LogP contribution is -2.27. The van der Waals surface area contributed by atoms with Gasteiger partial charge in [0.25, 0.3) is 0 Å². The van der Waals surface area contributed by atoms with Gasteiger partial charge in [-0.25, -0.2) is 0 Å². The lowest BCUT2D eigenvalue weighted by atomic mass is 10.4. The Kier molecular flexibility index (Phi) is 6.92. The van der Waals surface area contributed by atoms with Crippen molar-refractivity contribution in [2.75, 3.05) is 37.0 Å². The molecule has 1 aromatic rings. The number of hydrogen-bond acceptors (Lipinski definition) is 6. The van der Waals surface area contributed by atoms with Crippen molar-refractivity contribution in [2.45, 2.75) is 40.0 Å². The summed E-state index contributed by atoms with van der Waals surface area (Å²) in [7, 11) is 1.80. The molecule has 0 aliphatic heterocycles. The van der Waals surface area contributed by atoms with Gasteiger partial charge in [-0.2, -0.15) is 15.0 Å². The Hall–Kier alpha value is -1.59. The van der Waals surface area contributed by atoms with Crippen molar-refractivity contribution in [1.29, 1.82) is 0 Å². The molecule has 0 spiro atoms. The first-order valence-corrected chi connectivity index (χ1v) is 7.06. The molecule has 0 aromatic carbocycles. The predicted molar refractivity (Wildman–Crippen MR) is 78.0 cm³/mol. The Balaban J connectivity index is 2.95. The number of ether oxygens (including phenoxy) is 1. The summed E-state index contributed by atoms with van der Waals surface area (Å²) in [5, 5.41) is 2.95. The summed E-state index contributed by atoms with van der Waals surface area (Å²) in [4.78, 5) is 15.2. The van der Waals surface area contributed by atoms with Crippen LogP contribution < -0.4 is 15.0 Å². The standard InChI is InChI=1S/C13H25N5O/c1-5-8-18(9-6-2)12-15-11(14-4)16-13(17-12)19-10-7-3/h5-10H2,1-4H3,(H,14,15,16,17). The molecule has 0 amide bonds. The van der Waals surface area contributed by atoms with Crippen LogP contribution in [0.1, 0.15) is 40.0 Å². The van der Waals surface area contributed by atoms with E-state index in [1.54, 1.807) is 7.05 Å². The number of nitrogens with one attached hydrogen (secondary N) is 1. The molecule has 1 heterocycles. The normalized spacial score (nSPS) is 10.3. The lowest BCUT2D eigenvalue weighted by molar-refractivity contribution is 0.292. The largest absolute Gasteiger partial charge is 0.463 e. The minimum absolute atomic E-state index is 0.397. The zero-order valence-corrected chi connectivity index (χ0v) is 12.4. The summed E-state index contributed by atoms with van der Waals surface area (Å²) in [5.41, 5.74) is 0. The van der Waals surface area contributed by atoms with Gasteiger partial charge in [0.2, 0.25) is 11.9 Å². The lowest BCUT2D eigenvalue weighted by Gasteiger charge is -2.21. The maximum absolute atomic E-state index is 5.52. The number of anilines is 2. The van der Waals surface area contributed by atoms with Crippen molar-refractivity contribution >= 4 is 11.9 Å². The van der Waals surface area contributed by atoms with E-state index in [4.69, 9.17) is 4.74 Å². The molecule has 6 nitrogen and oxygen atoms in total. The molecule has 0 unspecified atom stereocenters. The number of rotatable bonds is 9. The van der Waals surface area contributed by atoms with Crippen LogP contribution in [-0.4, -0.2) is 41.7 Å². The predicted octanol–water partition coefficient (Wildman–Crippen LogP) is 2.33. The highest BCUT2D eigenvalue weighted by Crippen LogP contribution is 2.15. The average Bonchev–Trinajstić information content (AvgIpc) is 2.44. The van der Waals surface area contributed by atoms with Crippen molar-refractivity contribution in [3.05, 3.63) is 0 Å². The van der Waals surface area contributed by atoms with Crippen molar-refractivity contribution < 1.29 is 4.74 Å². The first kappa shape index (κ1) is 15.5. The van der Waals surface area contributed by atoms with Crippen LogP contribution in [0.5, 0.6) is 6.01 Å². The van der Waals surface area contributed by atoms with Gasteiger partial charge in [-0.15, -0.1) is 0 Å². The van der Waals surface area contributed by atoms with Gasteiger partial charge in [0.15, 0.2) is 0 Å². The molecule has 1 aromatic heterocycles. The average molecular weight is 267 g/mol. The summed E-state index contributed by atoms with van der Waals surface area (Å²) in [6.07, 6.45) is 3.06. The molecule has 0 saturated carbocycles. The highest BCUT2D eigenvalue weighted by Gasteiger charge is 2.12. The third kappa shape index (κ3) is 4.89. The summed E-state index contributed by atoms with van der Waals surface area (Å²) in [5.74, 6) is 1.24. The highest BCUT2D eigenvalue weighted by atomic mass is 16.5. The van der Waals surface area contributed by atoms with Crippen LogP contribution in [0.25, 0.3) is 0 Å². The molecule has 6 heteroatoms. The number of hydrogen-bond donors (Lipinski definition) is 1. The van der Waals surface area contributed by atoms with E-state index in [0.717, 1.165) is 32.4 Å².